The zero-order chi connectivity index (χ0) is 11.5. The first-order valence-electron chi connectivity index (χ1n) is 4.56. The number of thiophene rings is 1. The summed E-state index contributed by atoms with van der Waals surface area (Å²) in [5, 5.41) is 2.03. The van der Waals surface area contributed by atoms with Crippen LogP contribution in [0.5, 0.6) is 0 Å². The van der Waals surface area contributed by atoms with E-state index in [9.17, 15) is 8.42 Å². The van der Waals surface area contributed by atoms with E-state index >= 15 is 0 Å². The summed E-state index contributed by atoms with van der Waals surface area (Å²) in [6.45, 7) is 0. The Morgan fingerprint density at radius 2 is 2.27 bits per heavy atom. The maximum absolute atomic E-state index is 10.9. The lowest BCUT2D eigenvalue weighted by Gasteiger charge is -2.08. The number of hydrogen-bond acceptors (Lipinski definition) is 4. The maximum Gasteiger partial charge on any atom is 0.147 e. The molecule has 86 valence electrons. The summed E-state index contributed by atoms with van der Waals surface area (Å²) in [5.41, 5.74) is 7.06. The predicted molar refractivity (Wildman–Crippen MR) is 72.9 cm³/mol. The quantitative estimate of drug-likeness (QED) is 0.820. The largest absolute Gasteiger partial charge is 0.324 e. The highest BCUT2D eigenvalue weighted by molar-refractivity contribution is 14.1. The third kappa shape index (κ3) is 5.28. The van der Waals surface area contributed by atoms with Gasteiger partial charge < -0.3 is 5.73 Å². The van der Waals surface area contributed by atoms with Crippen molar-refractivity contribution < 1.29 is 8.42 Å². The van der Waals surface area contributed by atoms with Crippen molar-refractivity contribution >= 4 is 43.8 Å². The van der Waals surface area contributed by atoms with Crippen LogP contribution in [-0.4, -0.2) is 20.4 Å². The predicted octanol–water partition coefficient (Wildman–Crippen LogP) is 2.18. The van der Waals surface area contributed by atoms with E-state index in [4.69, 9.17) is 5.73 Å². The van der Waals surface area contributed by atoms with Crippen LogP contribution in [0.15, 0.2) is 11.4 Å². The Labute approximate surface area is 108 Å². The van der Waals surface area contributed by atoms with Gasteiger partial charge in [-0.1, -0.05) is 0 Å². The molecule has 0 saturated carbocycles. The molecule has 1 atom stereocenters. The molecule has 1 heterocycles. The van der Waals surface area contributed by atoms with Crippen LogP contribution in [0.1, 0.15) is 24.4 Å². The van der Waals surface area contributed by atoms with Crippen LogP contribution in [0.3, 0.4) is 0 Å². The third-order valence-electron chi connectivity index (χ3n) is 2.05. The molecule has 0 fully saturated rings. The van der Waals surface area contributed by atoms with Gasteiger partial charge in [-0.15, -0.1) is 11.3 Å². The van der Waals surface area contributed by atoms with E-state index in [1.54, 1.807) is 11.3 Å². The van der Waals surface area contributed by atoms with Crippen molar-refractivity contribution in [1.29, 1.82) is 0 Å². The lowest BCUT2D eigenvalue weighted by atomic mass is 10.1. The molecule has 1 aromatic rings. The van der Waals surface area contributed by atoms with Crippen LogP contribution in [0.4, 0.5) is 0 Å². The average molecular weight is 359 g/mol. The van der Waals surface area contributed by atoms with E-state index in [1.807, 2.05) is 5.38 Å². The van der Waals surface area contributed by atoms with Gasteiger partial charge in [0.25, 0.3) is 0 Å². The topological polar surface area (TPSA) is 60.2 Å². The highest BCUT2D eigenvalue weighted by atomic mass is 127. The second-order valence-electron chi connectivity index (χ2n) is 3.56. The van der Waals surface area contributed by atoms with Gasteiger partial charge in [0.15, 0.2) is 0 Å². The second-order valence-corrected chi connectivity index (χ2v) is 8.63. The fraction of sp³-hybridized carbons (Fsp3) is 0.556. The van der Waals surface area contributed by atoms with E-state index in [1.165, 1.54) is 9.14 Å². The number of rotatable bonds is 5. The minimum absolute atomic E-state index is 0.0356. The molecule has 0 amide bonds. The summed E-state index contributed by atoms with van der Waals surface area (Å²) in [7, 11) is -2.85. The summed E-state index contributed by atoms with van der Waals surface area (Å²) in [5.74, 6) is 0.224. The molecule has 0 aliphatic heterocycles. The lowest BCUT2D eigenvalue weighted by Crippen LogP contribution is -2.12. The molecule has 6 heteroatoms. The van der Waals surface area contributed by atoms with Gasteiger partial charge in [0.1, 0.15) is 9.84 Å². The van der Waals surface area contributed by atoms with Crippen LogP contribution in [-0.2, 0) is 9.84 Å². The molecule has 0 radical (unpaired) electrons. The van der Waals surface area contributed by atoms with Crippen molar-refractivity contribution in [2.24, 2.45) is 5.73 Å². The molecule has 2 N–H and O–H groups in total. The van der Waals surface area contributed by atoms with E-state index in [0.29, 0.717) is 6.42 Å². The lowest BCUT2D eigenvalue weighted by molar-refractivity contribution is 0.588. The van der Waals surface area contributed by atoms with Gasteiger partial charge in [-0.25, -0.2) is 8.42 Å². The van der Waals surface area contributed by atoms with E-state index in [-0.39, 0.29) is 11.8 Å². The summed E-state index contributed by atoms with van der Waals surface area (Å²) >= 11 is 3.91. The van der Waals surface area contributed by atoms with E-state index < -0.39 is 9.84 Å². The molecule has 15 heavy (non-hydrogen) atoms. The van der Waals surface area contributed by atoms with Crippen LogP contribution < -0.4 is 5.73 Å². The molecule has 0 bridgehead atoms. The van der Waals surface area contributed by atoms with Crippen LogP contribution >= 0.6 is 33.9 Å². The SMILES string of the molecule is CS(=O)(=O)CCCC(N)c1csc(I)c1. The van der Waals surface area contributed by atoms with E-state index in [2.05, 4.69) is 28.7 Å². The van der Waals surface area contributed by atoms with Crippen molar-refractivity contribution in [2.75, 3.05) is 12.0 Å². The average Bonchev–Trinajstić information content (AvgIpc) is 2.49. The van der Waals surface area contributed by atoms with Gasteiger partial charge in [0, 0.05) is 18.1 Å². The summed E-state index contributed by atoms with van der Waals surface area (Å²) < 4.78 is 23.0. The minimum atomic E-state index is -2.85. The number of sulfone groups is 1. The highest BCUT2D eigenvalue weighted by Gasteiger charge is 2.09. The molecular formula is C9H14INO2S2. The molecule has 0 aromatic carbocycles. The van der Waals surface area contributed by atoms with Crippen molar-refractivity contribution in [3.05, 3.63) is 19.9 Å². The second kappa shape index (κ2) is 5.60. The van der Waals surface area contributed by atoms with Gasteiger partial charge in [0.05, 0.1) is 2.88 Å². The zero-order valence-electron chi connectivity index (χ0n) is 8.44. The Bertz CT molecular complexity index is 414. The van der Waals surface area contributed by atoms with Crippen molar-refractivity contribution in [1.82, 2.24) is 0 Å². The first-order valence-corrected chi connectivity index (χ1v) is 8.57. The monoisotopic (exact) mass is 359 g/mol. The molecule has 3 nitrogen and oxygen atoms in total. The fourth-order valence-electron chi connectivity index (χ4n) is 1.25. The first kappa shape index (κ1) is 13.4. The van der Waals surface area contributed by atoms with Crippen LogP contribution in [0, 0.1) is 2.88 Å². The number of halogens is 1. The Morgan fingerprint density at radius 1 is 1.60 bits per heavy atom. The van der Waals surface area contributed by atoms with Gasteiger partial charge in [-0.3, -0.25) is 0 Å². The minimum Gasteiger partial charge on any atom is -0.324 e. The van der Waals surface area contributed by atoms with Crippen molar-refractivity contribution in [2.45, 2.75) is 18.9 Å². The smallest absolute Gasteiger partial charge is 0.147 e. The Balaban J connectivity index is 2.40. The standard InChI is InChI=1S/C9H14INO2S2/c1-15(12,13)4-2-3-8(11)7-5-9(10)14-6-7/h5-6,8H,2-4,11H2,1H3. The molecular weight excluding hydrogens is 345 g/mol. The zero-order valence-corrected chi connectivity index (χ0v) is 12.2. The van der Waals surface area contributed by atoms with E-state index in [0.717, 1.165) is 12.0 Å². The molecule has 1 rings (SSSR count). The molecule has 0 aliphatic carbocycles. The van der Waals surface area contributed by atoms with Gasteiger partial charge in [-0.05, 0) is 52.4 Å². The van der Waals surface area contributed by atoms with Gasteiger partial charge >= 0.3 is 0 Å². The fourth-order valence-corrected chi connectivity index (χ4v) is 3.38. The van der Waals surface area contributed by atoms with Crippen molar-refractivity contribution in [3.63, 3.8) is 0 Å². The Kier molecular flexibility index (Phi) is 5.01. The first-order chi connectivity index (χ1) is 6.88. The maximum atomic E-state index is 10.9. The van der Waals surface area contributed by atoms with Crippen molar-refractivity contribution in [3.8, 4) is 0 Å². The van der Waals surface area contributed by atoms with Gasteiger partial charge in [-0.2, -0.15) is 0 Å². The van der Waals surface area contributed by atoms with Crippen LogP contribution in [0.25, 0.3) is 0 Å². The molecule has 0 saturated heterocycles. The third-order valence-corrected chi connectivity index (χ3v) is 4.88. The normalized spacial score (nSPS) is 14.1. The molecule has 0 aliphatic rings. The molecule has 1 unspecified atom stereocenters. The summed E-state index contributed by atoms with van der Waals surface area (Å²) in [6, 6.07) is 2.02. The molecule has 1 aromatic heterocycles. The number of nitrogens with two attached hydrogens (primary N) is 1. The highest BCUT2D eigenvalue weighted by Crippen LogP contribution is 2.23. The Morgan fingerprint density at radius 3 is 2.73 bits per heavy atom. The summed E-state index contributed by atoms with van der Waals surface area (Å²) in [6.07, 6.45) is 2.61. The molecule has 0 spiro atoms. The summed E-state index contributed by atoms with van der Waals surface area (Å²) in [4.78, 5) is 0. The van der Waals surface area contributed by atoms with Crippen LogP contribution in [0.2, 0.25) is 0 Å². The van der Waals surface area contributed by atoms with Gasteiger partial charge in [0.2, 0.25) is 0 Å². The Hall–Kier alpha value is 0.340. The number of hydrogen-bond donors (Lipinski definition) is 1.